The lowest BCUT2D eigenvalue weighted by molar-refractivity contribution is 0.668. The molecule has 0 N–H and O–H groups in total. The average Bonchev–Trinajstić information content (AvgIpc) is 3.79. The summed E-state index contributed by atoms with van der Waals surface area (Å²) in [7, 11) is 0. The second-order valence-corrected chi connectivity index (χ2v) is 13.6. The van der Waals surface area contributed by atoms with Crippen LogP contribution in [0.5, 0.6) is 0 Å². The maximum absolute atomic E-state index is 6.61. The zero-order chi connectivity index (χ0) is 35.6. The van der Waals surface area contributed by atoms with Crippen molar-refractivity contribution >= 4 is 54.5 Å². The van der Waals surface area contributed by atoms with Crippen molar-refractivity contribution in [3.63, 3.8) is 0 Å². The van der Waals surface area contributed by atoms with E-state index in [0.29, 0.717) is 17.5 Å². The average molecular weight is 691 g/mol. The van der Waals surface area contributed by atoms with Crippen LogP contribution >= 0.6 is 0 Å². The molecule has 11 aromatic rings. The summed E-state index contributed by atoms with van der Waals surface area (Å²) in [5.74, 6) is 1.82. The Hall–Kier alpha value is -7.37. The number of aromatic nitrogens is 4. The van der Waals surface area contributed by atoms with Crippen LogP contribution in [0.2, 0.25) is 0 Å². The van der Waals surface area contributed by atoms with Crippen molar-refractivity contribution in [3.05, 3.63) is 182 Å². The summed E-state index contributed by atoms with van der Waals surface area (Å²) < 4.78 is 8.92. The molecule has 0 saturated carbocycles. The topological polar surface area (TPSA) is 56.7 Å². The molecule has 5 heteroatoms. The van der Waals surface area contributed by atoms with E-state index in [2.05, 4.69) is 144 Å². The molecule has 0 bridgehead atoms. The third-order valence-corrected chi connectivity index (χ3v) is 10.5. The molecule has 5 nitrogen and oxygen atoms in total. The highest BCUT2D eigenvalue weighted by Crippen LogP contribution is 2.39. The van der Waals surface area contributed by atoms with Gasteiger partial charge in [-0.05, 0) is 52.2 Å². The lowest BCUT2D eigenvalue weighted by Crippen LogP contribution is -2.00. The van der Waals surface area contributed by atoms with Crippen LogP contribution in [-0.4, -0.2) is 19.5 Å². The Bertz CT molecular complexity index is 3160. The molecular formula is C49H30N4O. The Morgan fingerprint density at radius 3 is 1.70 bits per heavy atom. The minimum atomic E-state index is 0.594. The fourth-order valence-corrected chi connectivity index (χ4v) is 7.96. The van der Waals surface area contributed by atoms with Gasteiger partial charge in [-0.1, -0.05) is 146 Å². The fraction of sp³-hybridized carbons (Fsp3) is 0. The second-order valence-electron chi connectivity index (χ2n) is 13.6. The number of benzene rings is 8. The highest BCUT2D eigenvalue weighted by molar-refractivity contribution is 6.13. The predicted octanol–water partition coefficient (Wildman–Crippen LogP) is 12.7. The minimum Gasteiger partial charge on any atom is -0.456 e. The van der Waals surface area contributed by atoms with E-state index in [1.54, 1.807) is 0 Å². The van der Waals surface area contributed by atoms with Crippen LogP contribution in [-0.2, 0) is 0 Å². The second kappa shape index (κ2) is 12.1. The molecule has 8 aromatic carbocycles. The summed E-state index contributed by atoms with van der Waals surface area (Å²) in [5.41, 5.74) is 10.0. The van der Waals surface area contributed by atoms with Gasteiger partial charge in [0.25, 0.3) is 0 Å². The Morgan fingerprint density at radius 2 is 0.944 bits per heavy atom. The van der Waals surface area contributed by atoms with Crippen molar-refractivity contribution in [2.45, 2.75) is 0 Å². The predicted molar refractivity (Wildman–Crippen MR) is 221 cm³/mol. The van der Waals surface area contributed by atoms with Gasteiger partial charge >= 0.3 is 0 Å². The summed E-state index contributed by atoms with van der Waals surface area (Å²) in [6.45, 7) is 0. The molecule has 3 aromatic heterocycles. The molecule has 0 atom stereocenters. The van der Waals surface area contributed by atoms with Gasteiger partial charge in [-0.25, -0.2) is 15.0 Å². The van der Waals surface area contributed by atoms with Gasteiger partial charge < -0.3 is 8.98 Å². The van der Waals surface area contributed by atoms with Gasteiger partial charge in [-0.2, -0.15) is 0 Å². The molecule has 0 aliphatic heterocycles. The first kappa shape index (κ1) is 30.3. The van der Waals surface area contributed by atoms with Crippen molar-refractivity contribution in [2.75, 3.05) is 0 Å². The SMILES string of the molecule is c1ccc(-c2nc(-c3ccc(-c4cccc5ccccc45)cc3)nc(-c3cccc4oc5cc(-n6c7ccccc7c7ccccc76)ccc5c34)n2)cc1. The molecular weight excluding hydrogens is 661 g/mol. The molecule has 0 saturated heterocycles. The van der Waals surface area contributed by atoms with Crippen molar-refractivity contribution in [1.29, 1.82) is 0 Å². The smallest absolute Gasteiger partial charge is 0.164 e. The Balaban J connectivity index is 1.06. The van der Waals surface area contributed by atoms with Crippen LogP contribution in [0.3, 0.4) is 0 Å². The summed E-state index contributed by atoms with van der Waals surface area (Å²) in [4.78, 5) is 15.3. The monoisotopic (exact) mass is 690 g/mol. The van der Waals surface area contributed by atoms with Gasteiger partial charge in [0.15, 0.2) is 17.5 Å². The van der Waals surface area contributed by atoms with Crippen LogP contribution in [0.4, 0.5) is 0 Å². The van der Waals surface area contributed by atoms with Gasteiger partial charge in [0.2, 0.25) is 0 Å². The summed E-state index contributed by atoms with van der Waals surface area (Å²) in [5, 5.41) is 6.88. The molecule has 0 aliphatic rings. The van der Waals surface area contributed by atoms with E-state index in [4.69, 9.17) is 19.4 Å². The third-order valence-electron chi connectivity index (χ3n) is 10.5. The standard InChI is InChI=1S/C49H30N4O/c1-2-13-33(14-3-1)47-50-48(34-26-24-32(25-27-34)37-19-10-15-31-12-4-5-16-36(31)37)52-49(51-47)41-20-11-23-44-46(41)40-29-28-35(30-45(40)54-44)53-42-21-8-6-17-38(42)39-18-7-9-22-43(39)53/h1-30H. The van der Waals surface area contributed by atoms with Gasteiger partial charge in [-0.15, -0.1) is 0 Å². The van der Waals surface area contributed by atoms with E-state index < -0.39 is 0 Å². The maximum atomic E-state index is 6.61. The van der Waals surface area contributed by atoms with Gasteiger partial charge in [-0.3, -0.25) is 0 Å². The number of hydrogen-bond donors (Lipinski definition) is 0. The van der Waals surface area contributed by atoms with Gasteiger partial charge in [0.05, 0.1) is 11.0 Å². The van der Waals surface area contributed by atoms with E-state index in [-0.39, 0.29) is 0 Å². The number of nitrogens with zero attached hydrogens (tertiary/aromatic N) is 4. The van der Waals surface area contributed by atoms with E-state index in [1.807, 2.05) is 42.5 Å². The maximum Gasteiger partial charge on any atom is 0.164 e. The van der Waals surface area contributed by atoms with E-state index in [0.717, 1.165) is 60.9 Å². The summed E-state index contributed by atoms with van der Waals surface area (Å²) in [6, 6.07) is 63.3. The molecule has 11 rings (SSSR count). The van der Waals surface area contributed by atoms with Crippen LogP contribution in [0.1, 0.15) is 0 Å². The van der Waals surface area contributed by atoms with E-state index in [1.165, 1.54) is 27.1 Å². The molecule has 0 spiro atoms. The normalized spacial score (nSPS) is 11.7. The molecule has 252 valence electrons. The highest BCUT2D eigenvalue weighted by atomic mass is 16.3. The number of hydrogen-bond acceptors (Lipinski definition) is 4. The van der Waals surface area contributed by atoms with Crippen molar-refractivity contribution in [3.8, 4) is 51.0 Å². The first-order chi connectivity index (χ1) is 26.8. The summed E-state index contributed by atoms with van der Waals surface area (Å²) in [6.07, 6.45) is 0. The van der Waals surface area contributed by atoms with Crippen LogP contribution in [0.25, 0.3) is 105 Å². The zero-order valence-corrected chi connectivity index (χ0v) is 29.0. The molecule has 0 amide bonds. The largest absolute Gasteiger partial charge is 0.456 e. The molecule has 0 unspecified atom stereocenters. The van der Waals surface area contributed by atoms with Crippen LogP contribution in [0.15, 0.2) is 186 Å². The third kappa shape index (κ3) is 4.83. The highest BCUT2D eigenvalue weighted by Gasteiger charge is 2.19. The summed E-state index contributed by atoms with van der Waals surface area (Å²) >= 11 is 0. The number of rotatable bonds is 5. The molecule has 0 aliphatic carbocycles. The quantitative estimate of drug-likeness (QED) is 0.180. The lowest BCUT2D eigenvalue weighted by Gasteiger charge is -2.11. The number of para-hydroxylation sites is 2. The van der Waals surface area contributed by atoms with Crippen molar-refractivity contribution in [1.82, 2.24) is 19.5 Å². The van der Waals surface area contributed by atoms with Gasteiger partial charge in [0.1, 0.15) is 11.2 Å². The zero-order valence-electron chi connectivity index (χ0n) is 29.0. The fourth-order valence-electron chi connectivity index (χ4n) is 7.96. The lowest BCUT2D eigenvalue weighted by atomic mass is 9.97. The van der Waals surface area contributed by atoms with Crippen LogP contribution in [0, 0.1) is 0 Å². The molecule has 54 heavy (non-hydrogen) atoms. The van der Waals surface area contributed by atoms with Gasteiger partial charge in [0, 0.05) is 50.0 Å². The Labute approximate surface area is 310 Å². The van der Waals surface area contributed by atoms with Crippen molar-refractivity contribution in [2.24, 2.45) is 0 Å². The minimum absolute atomic E-state index is 0.594. The first-order valence-corrected chi connectivity index (χ1v) is 18.1. The molecule has 3 heterocycles. The Kier molecular flexibility index (Phi) is 6.79. The molecule has 0 radical (unpaired) electrons. The number of fused-ring (bicyclic) bond motifs is 7. The van der Waals surface area contributed by atoms with Crippen LogP contribution < -0.4 is 0 Å². The number of furan rings is 1. The first-order valence-electron chi connectivity index (χ1n) is 18.1. The van der Waals surface area contributed by atoms with E-state index in [9.17, 15) is 0 Å². The van der Waals surface area contributed by atoms with Crippen molar-refractivity contribution < 1.29 is 4.42 Å². The molecule has 0 fully saturated rings. The Morgan fingerprint density at radius 1 is 0.370 bits per heavy atom. The van der Waals surface area contributed by atoms with E-state index >= 15 is 0 Å².